The normalized spacial score (nSPS) is 12.1. The van der Waals surface area contributed by atoms with Gasteiger partial charge in [0.1, 0.15) is 6.54 Å². The Morgan fingerprint density at radius 1 is 1.20 bits per heavy atom. The molecule has 0 atom stereocenters. The summed E-state index contributed by atoms with van der Waals surface area (Å²) in [5.41, 5.74) is 2.38. The first-order valence-electron chi connectivity index (χ1n) is 4.81. The molecule has 0 aliphatic rings. The summed E-state index contributed by atoms with van der Waals surface area (Å²) in [7, 11) is 4.20. The van der Waals surface area contributed by atoms with Crippen LogP contribution in [0.3, 0.4) is 0 Å². The van der Waals surface area contributed by atoms with Crippen molar-refractivity contribution >= 4 is 17.2 Å². The van der Waals surface area contributed by atoms with Gasteiger partial charge >= 0.3 is 0 Å². The van der Waals surface area contributed by atoms with Crippen molar-refractivity contribution in [2.24, 2.45) is 0 Å². The molecule has 3 heteroatoms. The van der Waals surface area contributed by atoms with Crippen molar-refractivity contribution in [3.05, 3.63) is 40.9 Å². The fraction of sp³-hybridized carbons (Fsp3) is 0.333. The van der Waals surface area contributed by atoms with Gasteiger partial charge in [-0.3, -0.25) is 0 Å². The van der Waals surface area contributed by atoms with Crippen molar-refractivity contribution in [3.8, 4) is 0 Å². The molecule has 1 N–H and O–H groups in total. The Morgan fingerprint density at radius 3 is 2.20 bits per heavy atom. The second-order valence-corrected chi connectivity index (χ2v) is 4.24. The first-order chi connectivity index (χ1) is 6.61. The number of benzene rings is 1. The van der Waals surface area contributed by atoms with Gasteiger partial charge in [-0.1, -0.05) is 41.9 Å². The molecule has 15 heavy (non-hydrogen) atoms. The Balaban J connectivity index is 0.00000196. The van der Waals surface area contributed by atoms with Crippen LogP contribution >= 0.6 is 11.6 Å². The van der Waals surface area contributed by atoms with Crippen molar-refractivity contribution in [3.63, 3.8) is 0 Å². The first kappa shape index (κ1) is 14.9. The minimum Gasteiger partial charge on any atom is -1.00 e. The van der Waals surface area contributed by atoms with Crippen LogP contribution in [0.5, 0.6) is 0 Å². The molecular formula is C12H17ClIN. The first-order valence-corrected chi connectivity index (χ1v) is 5.18. The number of rotatable bonds is 3. The van der Waals surface area contributed by atoms with Gasteiger partial charge in [0.2, 0.25) is 0 Å². The predicted octanol–water partition coefficient (Wildman–Crippen LogP) is -1.20. The topological polar surface area (TPSA) is 4.44 Å². The van der Waals surface area contributed by atoms with Crippen LogP contribution in [0.25, 0.3) is 5.57 Å². The lowest BCUT2D eigenvalue weighted by Crippen LogP contribution is -3.05. The second kappa shape index (κ2) is 7.25. The second-order valence-electron chi connectivity index (χ2n) is 3.78. The highest BCUT2D eigenvalue weighted by molar-refractivity contribution is 6.32. The highest BCUT2D eigenvalue weighted by Gasteiger charge is 2.04. The monoisotopic (exact) mass is 337 g/mol. The molecule has 0 bridgehead atoms. The van der Waals surface area contributed by atoms with E-state index in [1.54, 1.807) is 0 Å². The summed E-state index contributed by atoms with van der Waals surface area (Å²) in [6.07, 6.45) is 0. The standard InChI is InChI=1S/C12H16ClN.HI/c1-10(12(13)9-14(2)3)11-7-5-4-6-8-11;/h4-8H,9H2,1-3H3;1H/b12-10-;. The Kier molecular flexibility index (Phi) is 7.22. The molecule has 0 radical (unpaired) electrons. The summed E-state index contributed by atoms with van der Waals surface area (Å²) >= 11 is 6.22. The molecule has 1 aromatic carbocycles. The number of allylic oxidation sites excluding steroid dienone is 1. The van der Waals surface area contributed by atoms with Crippen LogP contribution in [0, 0.1) is 0 Å². The Hall–Kier alpha value is -0.0600. The van der Waals surface area contributed by atoms with E-state index in [1.807, 2.05) is 18.2 Å². The van der Waals surface area contributed by atoms with Crippen molar-refractivity contribution in [2.45, 2.75) is 6.92 Å². The van der Waals surface area contributed by atoms with E-state index < -0.39 is 0 Å². The lowest BCUT2D eigenvalue weighted by atomic mass is 10.1. The maximum atomic E-state index is 6.22. The molecule has 1 aromatic rings. The summed E-state index contributed by atoms with van der Waals surface area (Å²) in [4.78, 5) is 1.34. The van der Waals surface area contributed by atoms with Gasteiger partial charge in [0, 0.05) is 0 Å². The van der Waals surface area contributed by atoms with Crippen LogP contribution in [0.4, 0.5) is 0 Å². The van der Waals surface area contributed by atoms with Gasteiger partial charge in [0.05, 0.1) is 19.1 Å². The number of likely N-dealkylation sites (N-methyl/N-ethyl adjacent to an activating group) is 1. The quantitative estimate of drug-likeness (QED) is 0.662. The van der Waals surface area contributed by atoms with Crippen LogP contribution in [0.1, 0.15) is 12.5 Å². The van der Waals surface area contributed by atoms with Gasteiger partial charge in [-0.15, -0.1) is 0 Å². The molecule has 0 unspecified atom stereocenters. The number of quaternary nitrogens is 1. The van der Waals surface area contributed by atoms with Crippen LogP contribution in [-0.2, 0) is 0 Å². The predicted molar refractivity (Wildman–Crippen MR) is 62.6 cm³/mol. The zero-order valence-corrected chi connectivity index (χ0v) is 12.3. The van der Waals surface area contributed by atoms with Gasteiger partial charge in [-0.25, -0.2) is 0 Å². The average Bonchev–Trinajstić information content (AvgIpc) is 2.17. The largest absolute Gasteiger partial charge is 1.00 e. The van der Waals surface area contributed by atoms with Gasteiger partial charge in [-0.05, 0) is 18.1 Å². The number of hydrogen-bond donors (Lipinski definition) is 1. The molecule has 0 fully saturated rings. The SMILES string of the molecule is C/C(=C(/Cl)C[NH+](C)C)c1ccccc1.[I-]. The Labute approximate surface area is 114 Å². The van der Waals surface area contributed by atoms with Gasteiger partial charge in [0.15, 0.2) is 0 Å². The van der Waals surface area contributed by atoms with E-state index in [0.29, 0.717) is 0 Å². The molecule has 84 valence electrons. The third-order valence-corrected chi connectivity index (χ3v) is 2.54. The number of hydrogen-bond acceptors (Lipinski definition) is 0. The minimum absolute atomic E-state index is 0. The molecule has 0 heterocycles. The molecule has 0 aliphatic heterocycles. The molecule has 0 spiro atoms. The van der Waals surface area contributed by atoms with E-state index in [-0.39, 0.29) is 24.0 Å². The van der Waals surface area contributed by atoms with E-state index in [1.165, 1.54) is 16.0 Å². The lowest BCUT2D eigenvalue weighted by molar-refractivity contribution is -0.852. The summed E-state index contributed by atoms with van der Waals surface area (Å²) in [5.74, 6) is 0. The van der Waals surface area contributed by atoms with E-state index >= 15 is 0 Å². The summed E-state index contributed by atoms with van der Waals surface area (Å²) in [5, 5.41) is 0.941. The summed E-state index contributed by atoms with van der Waals surface area (Å²) < 4.78 is 0. The van der Waals surface area contributed by atoms with Crippen LogP contribution < -0.4 is 28.9 Å². The zero-order valence-electron chi connectivity index (χ0n) is 9.35. The van der Waals surface area contributed by atoms with Crippen LogP contribution in [0.2, 0.25) is 0 Å². The fourth-order valence-electron chi connectivity index (χ4n) is 1.29. The van der Waals surface area contributed by atoms with Crippen molar-refractivity contribution in [1.82, 2.24) is 0 Å². The third kappa shape index (κ3) is 5.00. The van der Waals surface area contributed by atoms with E-state index in [9.17, 15) is 0 Å². The molecular weight excluding hydrogens is 320 g/mol. The highest BCUT2D eigenvalue weighted by Crippen LogP contribution is 2.19. The zero-order chi connectivity index (χ0) is 10.6. The summed E-state index contributed by atoms with van der Waals surface area (Å²) in [6, 6.07) is 10.3. The smallest absolute Gasteiger partial charge is 0.113 e. The third-order valence-electron chi connectivity index (χ3n) is 2.12. The van der Waals surface area contributed by atoms with Gasteiger partial charge in [0.25, 0.3) is 0 Å². The van der Waals surface area contributed by atoms with Crippen LogP contribution in [-0.4, -0.2) is 20.6 Å². The highest BCUT2D eigenvalue weighted by atomic mass is 127. The average molecular weight is 338 g/mol. The van der Waals surface area contributed by atoms with Crippen molar-refractivity contribution < 1.29 is 28.9 Å². The Bertz CT molecular complexity index is 320. The molecule has 0 aromatic heterocycles. The molecule has 1 nitrogen and oxygen atoms in total. The molecule has 0 saturated heterocycles. The van der Waals surface area contributed by atoms with E-state index in [0.717, 1.165) is 11.6 Å². The van der Waals surface area contributed by atoms with Crippen molar-refractivity contribution in [2.75, 3.05) is 20.6 Å². The number of nitrogens with one attached hydrogen (secondary N) is 1. The van der Waals surface area contributed by atoms with Gasteiger partial charge < -0.3 is 28.9 Å². The van der Waals surface area contributed by atoms with Crippen LogP contribution in [0.15, 0.2) is 35.4 Å². The molecule has 1 rings (SSSR count). The van der Waals surface area contributed by atoms with E-state index in [4.69, 9.17) is 11.6 Å². The fourth-order valence-corrected chi connectivity index (χ4v) is 1.66. The molecule has 0 saturated carbocycles. The molecule has 0 aliphatic carbocycles. The summed E-state index contributed by atoms with van der Waals surface area (Å²) in [6.45, 7) is 2.95. The molecule has 0 amide bonds. The maximum absolute atomic E-state index is 6.22. The lowest BCUT2D eigenvalue weighted by Gasteiger charge is -2.09. The Morgan fingerprint density at radius 2 is 1.73 bits per heavy atom. The minimum atomic E-state index is 0. The maximum Gasteiger partial charge on any atom is 0.113 e. The van der Waals surface area contributed by atoms with E-state index in [2.05, 4.69) is 33.2 Å². The number of halogens is 2. The van der Waals surface area contributed by atoms with Crippen molar-refractivity contribution in [1.29, 1.82) is 0 Å². The van der Waals surface area contributed by atoms with Gasteiger partial charge in [-0.2, -0.15) is 0 Å².